The van der Waals surface area contributed by atoms with Gasteiger partial charge in [0.1, 0.15) is 23.7 Å². The van der Waals surface area contributed by atoms with Crippen LogP contribution in [0.5, 0.6) is 5.75 Å². The van der Waals surface area contributed by atoms with E-state index in [0.29, 0.717) is 25.5 Å². The zero-order valence-electron chi connectivity index (χ0n) is 14.2. The van der Waals surface area contributed by atoms with Crippen molar-refractivity contribution in [2.75, 3.05) is 6.54 Å². The average Bonchev–Trinajstić information content (AvgIpc) is 3.17. The molecule has 0 aliphatic heterocycles. The van der Waals surface area contributed by atoms with E-state index in [1.54, 1.807) is 37.7 Å². The van der Waals surface area contributed by atoms with E-state index in [1.165, 1.54) is 0 Å². The largest absolute Gasteiger partial charge is 0.489 e. The normalized spacial score (nSPS) is 13.4. The fraction of sp³-hybridized carbons (Fsp3) is 0.250. The number of ether oxygens (including phenoxy) is 1. The first-order valence-electron chi connectivity index (χ1n) is 8.22. The summed E-state index contributed by atoms with van der Waals surface area (Å²) >= 11 is 0. The second-order valence-electron chi connectivity index (χ2n) is 6.11. The van der Waals surface area contributed by atoms with E-state index in [1.807, 2.05) is 36.4 Å². The third-order valence-corrected chi connectivity index (χ3v) is 3.93. The highest BCUT2D eigenvalue weighted by Crippen LogP contribution is 2.22. The molecule has 0 spiro atoms. The Bertz CT molecular complexity index is 771. The Balaban J connectivity index is 1.57. The third-order valence-electron chi connectivity index (χ3n) is 3.93. The van der Waals surface area contributed by atoms with Gasteiger partial charge in [0.25, 0.3) is 0 Å². The summed E-state index contributed by atoms with van der Waals surface area (Å²) < 4.78 is 11.2. The highest BCUT2D eigenvalue weighted by atomic mass is 16.5. The van der Waals surface area contributed by atoms with E-state index in [0.717, 1.165) is 16.9 Å². The van der Waals surface area contributed by atoms with Crippen LogP contribution in [0, 0.1) is 0 Å². The predicted octanol–water partition coefficient (Wildman–Crippen LogP) is 3.25. The van der Waals surface area contributed by atoms with Gasteiger partial charge < -0.3 is 19.6 Å². The molecule has 2 heterocycles. The Morgan fingerprint density at radius 2 is 2.04 bits per heavy atom. The quantitative estimate of drug-likeness (QED) is 0.660. The van der Waals surface area contributed by atoms with Gasteiger partial charge in [-0.3, -0.25) is 4.98 Å². The van der Waals surface area contributed by atoms with Crippen LogP contribution in [0.4, 0.5) is 0 Å². The van der Waals surface area contributed by atoms with Crippen LogP contribution in [0.2, 0.25) is 0 Å². The summed E-state index contributed by atoms with van der Waals surface area (Å²) in [6.07, 6.45) is 5.10. The van der Waals surface area contributed by atoms with E-state index in [2.05, 4.69) is 10.3 Å². The Kier molecular flexibility index (Phi) is 5.48. The van der Waals surface area contributed by atoms with E-state index < -0.39 is 5.60 Å². The van der Waals surface area contributed by atoms with E-state index >= 15 is 0 Å². The number of aliphatic hydroxyl groups is 1. The van der Waals surface area contributed by atoms with Crippen LogP contribution in [0.15, 0.2) is 71.6 Å². The SMILES string of the molecule is CC(O)(CNCc1ccccc1OCc1cccnc1)c1ccco1. The molecule has 0 aliphatic rings. The highest BCUT2D eigenvalue weighted by Gasteiger charge is 2.25. The molecule has 5 heteroatoms. The lowest BCUT2D eigenvalue weighted by Gasteiger charge is -2.21. The Labute approximate surface area is 147 Å². The number of hydrogen-bond donors (Lipinski definition) is 2. The number of furan rings is 1. The summed E-state index contributed by atoms with van der Waals surface area (Å²) in [5.41, 5.74) is 0.988. The maximum absolute atomic E-state index is 10.5. The maximum atomic E-state index is 10.5. The Hall–Kier alpha value is -2.63. The van der Waals surface area contributed by atoms with Crippen molar-refractivity contribution in [3.63, 3.8) is 0 Å². The average molecular weight is 338 g/mol. The third kappa shape index (κ3) is 4.68. The van der Waals surface area contributed by atoms with E-state index in [-0.39, 0.29) is 0 Å². The van der Waals surface area contributed by atoms with Gasteiger partial charge in [0, 0.05) is 36.6 Å². The first-order chi connectivity index (χ1) is 12.1. The molecule has 0 saturated heterocycles. The van der Waals surface area contributed by atoms with Crippen LogP contribution in [0.3, 0.4) is 0 Å². The first kappa shape index (κ1) is 17.2. The zero-order valence-corrected chi connectivity index (χ0v) is 14.2. The number of rotatable bonds is 8. The molecule has 2 aromatic heterocycles. The number of hydrogen-bond acceptors (Lipinski definition) is 5. The molecule has 0 fully saturated rings. The van der Waals surface area contributed by atoms with Gasteiger partial charge in [-0.1, -0.05) is 24.3 Å². The van der Waals surface area contributed by atoms with Crippen LogP contribution in [-0.2, 0) is 18.8 Å². The Morgan fingerprint density at radius 3 is 2.80 bits per heavy atom. The van der Waals surface area contributed by atoms with E-state index in [4.69, 9.17) is 9.15 Å². The van der Waals surface area contributed by atoms with Crippen LogP contribution in [0.25, 0.3) is 0 Å². The minimum atomic E-state index is -1.06. The second-order valence-corrected chi connectivity index (χ2v) is 6.11. The molecule has 0 bridgehead atoms. The number of nitrogens with zero attached hydrogens (tertiary/aromatic N) is 1. The number of aromatic nitrogens is 1. The van der Waals surface area contributed by atoms with Crippen molar-refractivity contribution in [3.8, 4) is 5.75 Å². The van der Waals surface area contributed by atoms with Crippen molar-refractivity contribution in [2.45, 2.75) is 25.7 Å². The van der Waals surface area contributed by atoms with Crippen LogP contribution in [-0.4, -0.2) is 16.6 Å². The summed E-state index contributed by atoms with van der Waals surface area (Å²) in [4.78, 5) is 4.09. The molecular formula is C20H22N2O3. The standard InChI is InChI=1S/C20H22N2O3/c1-20(23,19-9-5-11-24-19)15-22-13-17-7-2-3-8-18(17)25-14-16-6-4-10-21-12-16/h2-12,22-23H,13-15H2,1H3. The summed E-state index contributed by atoms with van der Waals surface area (Å²) in [7, 11) is 0. The second kappa shape index (κ2) is 7.96. The lowest BCUT2D eigenvalue weighted by atomic mass is 10.0. The molecule has 0 radical (unpaired) electrons. The number of pyridine rings is 1. The van der Waals surface area contributed by atoms with Gasteiger partial charge in [0.15, 0.2) is 0 Å². The maximum Gasteiger partial charge on any atom is 0.136 e. The number of nitrogens with one attached hydrogen (secondary N) is 1. The van der Waals surface area contributed by atoms with Crippen molar-refractivity contribution < 1.29 is 14.3 Å². The smallest absolute Gasteiger partial charge is 0.136 e. The molecular weight excluding hydrogens is 316 g/mol. The monoisotopic (exact) mass is 338 g/mol. The van der Waals surface area contributed by atoms with Gasteiger partial charge >= 0.3 is 0 Å². The molecule has 2 N–H and O–H groups in total. The lowest BCUT2D eigenvalue weighted by Crippen LogP contribution is -2.34. The van der Waals surface area contributed by atoms with Crippen molar-refractivity contribution in [1.29, 1.82) is 0 Å². The van der Waals surface area contributed by atoms with Gasteiger partial charge in [-0.2, -0.15) is 0 Å². The summed E-state index contributed by atoms with van der Waals surface area (Å²) in [6, 6.07) is 15.3. The fourth-order valence-electron chi connectivity index (χ4n) is 2.55. The van der Waals surface area contributed by atoms with Crippen LogP contribution >= 0.6 is 0 Å². The molecule has 130 valence electrons. The molecule has 0 amide bonds. The molecule has 1 unspecified atom stereocenters. The van der Waals surface area contributed by atoms with Crippen molar-refractivity contribution in [2.24, 2.45) is 0 Å². The van der Waals surface area contributed by atoms with Gasteiger partial charge in [-0.05, 0) is 31.2 Å². The highest BCUT2D eigenvalue weighted by molar-refractivity contribution is 5.33. The number of para-hydroxylation sites is 1. The van der Waals surface area contributed by atoms with Crippen molar-refractivity contribution in [3.05, 3.63) is 84.1 Å². The molecule has 5 nitrogen and oxygen atoms in total. The first-order valence-corrected chi connectivity index (χ1v) is 8.22. The van der Waals surface area contributed by atoms with Crippen LogP contribution < -0.4 is 10.1 Å². The fourth-order valence-corrected chi connectivity index (χ4v) is 2.55. The van der Waals surface area contributed by atoms with Crippen molar-refractivity contribution >= 4 is 0 Å². The predicted molar refractivity (Wildman–Crippen MR) is 95.0 cm³/mol. The zero-order chi connectivity index (χ0) is 17.5. The van der Waals surface area contributed by atoms with Crippen molar-refractivity contribution in [1.82, 2.24) is 10.3 Å². The van der Waals surface area contributed by atoms with Gasteiger partial charge in [0.2, 0.25) is 0 Å². The summed E-state index contributed by atoms with van der Waals surface area (Å²) in [6.45, 7) is 3.15. The molecule has 1 aromatic carbocycles. The summed E-state index contributed by atoms with van der Waals surface area (Å²) in [5.74, 6) is 1.36. The molecule has 3 aromatic rings. The van der Waals surface area contributed by atoms with Gasteiger partial charge in [-0.25, -0.2) is 0 Å². The van der Waals surface area contributed by atoms with Gasteiger partial charge in [-0.15, -0.1) is 0 Å². The summed E-state index contributed by atoms with van der Waals surface area (Å²) in [5, 5.41) is 13.7. The minimum absolute atomic E-state index is 0.372. The Morgan fingerprint density at radius 1 is 1.16 bits per heavy atom. The molecule has 1 atom stereocenters. The molecule has 0 aliphatic carbocycles. The molecule has 25 heavy (non-hydrogen) atoms. The topological polar surface area (TPSA) is 67.5 Å². The van der Waals surface area contributed by atoms with Gasteiger partial charge in [0.05, 0.1) is 6.26 Å². The molecule has 3 rings (SSSR count). The number of benzene rings is 1. The van der Waals surface area contributed by atoms with E-state index in [9.17, 15) is 5.11 Å². The lowest BCUT2D eigenvalue weighted by molar-refractivity contribution is 0.0340. The minimum Gasteiger partial charge on any atom is -0.489 e. The van der Waals surface area contributed by atoms with Crippen LogP contribution in [0.1, 0.15) is 23.8 Å². The molecule has 0 saturated carbocycles.